The largest absolute Gasteiger partial charge is 0.381 e. The maximum Gasteiger partial charge on any atom is 0.228 e. The Kier molecular flexibility index (Phi) is 5.34. The fraction of sp³-hybridized carbons (Fsp3) is 0.857. The number of nitrogens with zero attached hydrogens (tertiary/aromatic N) is 2. The van der Waals surface area contributed by atoms with Crippen LogP contribution in [0.25, 0.3) is 0 Å². The van der Waals surface area contributed by atoms with Gasteiger partial charge in [-0.3, -0.25) is 0 Å². The van der Waals surface area contributed by atoms with E-state index in [-0.39, 0.29) is 0 Å². The second-order valence-corrected chi connectivity index (χ2v) is 5.86. The third-order valence-corrected chi connectivity index (χ3v) is 3.59. The minimum absolute atomic E-state index is 0.406. The third kappa shape index (κ3) is 4.58. The van der Waals surface area contributed by atoms with Crippen LogP contribution in [0.15, 0.2) is 4.52 Å². The molecule has 1 saturated heterocycles. The zero-order valence-electron chi connectivity index (χ0n) is 12.2. The van der Waals surface area contributed by atoms with Gasteiger partial charge < -0.3 is 14.6 Å². The lowest BCUT2D eigenvalue weighted by Gasteiger charge is -2.15. The molecule has 0 spiro atoms. The summed E-state index contributed by atoms with van der Waals surface area (Å²) in [6.07, 6.45) is 3.90. The van der Waals surface area contributed by atoms with Crippen LogP contribution in [0.1, 0.15) is 38.4 Å². The number of aromatic nitrogens is 2. The molecule has 2 heterocycles. The highest BCUT2D eigenvalue weighted by molar-refractivity contribution is 4.91. The third-order valence-electron chi connectivity index (χ3n) is 3.59. The first-order valence-electron chi connectivity index (χ1n) is 7.23. The smallest absolute Gasteiger partial charge is 0.228 e. The Hall–Kier alpha value is -0.940. The fourth-order valence-corrected chi connectivity index (χ4v) is 2.54. The lowest BCUT2D eigenvalue weighted by atomic mass is 10.0. The quantitative estimate of drug-likeness (QED) is 0.816. The predicted molar refractivity (Wildman–Crippen MR) is 72.9 cm³/mol. The summed E-state index contributed by atoms with van der Waals surface area (Å²) in [6.45, 7) is 6.15. The summed E-state index contributed by atoms with van der Waals surface area (Å²) in [6, 6.07) is 0.406. The minimum atomic E-state index is 0.406. The zero-order chi connectivity index (χ0) is 13.7. The number of hydrogen-bond donors (Lipinski definition) is 1. The van der Waals surface area contributed by atoms with Gasteiger partial charge in [-0.1, -0.05) is 19.0 Å². The second kappa shape index (κ2) is 7.01. The van der Waals surface area contributed by atoms with Crippen LogP contribution >= 0.6 is 0 Å². The first-order valence-corrected chi connectivity index (χ1v) is 7.23. The summed E-state index contributed by atoms with van der Waals surface area (Å²) >= 11 is 0. The van der Waals surface area contributed by atoms with Crippen LogP contribution in [0.3, 0.4) is 0 Å². The predicted octanol–water partition coefficient (Wildman–Crippen LogP) is 1.83. The van der Waals surface area contributed by atoms with E-state index in [1.807, 2.05) is 7.05 Å². The van der Waals surface area contributed by atoms with Gasteiger partial charge in [-0.2, -0.15) is 4.98 Å². The Bertz CT molecular complexity index is 373. The molecule has 0 aromatic carbocycles. The number of ether oxygens (including phenoxy) is 1. The standard InChI is InChI=1S/C14H25N3O2/c1-10(2)6-12(15-3)8-14-16-13(17-19-14)7-11-4-5-18-9-11/h10-12,15H,4-9H2,1-3H3. The Balaban J connectivity index is 1.85. The van der Waals surface area contributed by atoms with Crippen LogP contribution in [-0.2, 0) is 17.6 Å². The van der Waals surface area contributed by atoms with Crippen molar-refractivity contribution >= 4 is 0 Å². The normalized spacial score (nSPS) is 21.2. The monoisotopic (exact) mass is 267 g/mol. The van der Waals surface area contributed by atoms with E-state index in [9.17, 15) is 0 Å². The van der Waals surface area contributed by atoms with Gasteiger partial charge in [0, 0.05) is 32.1 Å². The van der Waals surface area contributed by atoms with Crippen molar-refractivity contribution in [2.24, 2.45) is 11.8 Å². The first-order chi connectivity index (χ1) is 9.17. The maximum absolute atomic E-state index is 5.37. The molecule has 1 N–H and O–H groups in total. The van der Waals surface area contributed by atoms with E-state index in [4.69, 9.17) is 9.26 Å². The Labute approximate surface area is 115 Å². The summed E-state index contributed by atoms with van der Waals surface area (Å²) in [5.41, 5.74) is 0. The van der Waals surface area contributed by atoms with Crippen molar-refractivity contribution in [3.05, 3.63) is 11.7 Å². The molecule has 0 bridgehead atoms. The molecule has 1 aromatic heterocycles. The van der Waals surface area contributed by atoms with E-state index >= 15 is 0 Å². The van der Waals surface area contributed by atoms with Gasteiger partial charge in [0.15, 0.2) is 5.82 Å². The topological polar surface area (TPSA) is 60.2 Å². The van der Waals surface area contributed by atoms with E-state index < -0.39 is 0 Å². The highest BCUT2D eigenvalue weighted by Gasteiger charge is 2.20. The van der Waals surface area contributed by atoms with Gasteiger partial charge >= 0.3 is 0 Å². The van der Waals surface area contributed by atoms with Crippen LogP contribution in [0.5, 0.6) is 0 Å². The Morgan fingerprint density at radius 1 is 1.42 bits per heavy atom. The molecule has 2 atom stereocenters. The molecule has 5 heteroatoms. The van der Waals surface area contributed by atoms with Crippen LogP contribution < -0.4 is 5.32 Å². The van der Waals surface area contributed by atoms with Gasteiger partial charge in [0.25, 0.3) is 0 Å². The van der Waals surface area contributed by atoms with E-state index in [2.05, 4.69) is 29.3 Å². The van der Waals surface area contributed by atoms with Crippen LogP contribution in [-0.4, -0.2) is 36.4 Å². The first kappa shape index (κ1) is 14.5. The van der Waals surface area contributed by atoms with Crippen molar-refractivity contribution in [3.63, 3.8) is 0 Å². The molecule has 2 unspecified atom stereocenters. The van der Waals surface area contributed by atoms with Gasteiger partial charge in [0.1, 0.15) is 0 Å². The van der Waals surface area contributed by atoms with Crippen molar-refractivity contribution in [2.45, 2.75) is 45.6 Å². The maximum atomic E-state index is 5.37. The average molecular weight is 267 g/mol. The molecular formula is C14H25N3O2. The van der Waals surface area contributed by atoms with Crippen molar-refractivity contribution in [1.29, 1.82) is 0 Å². The van der Waals surface area contributed by atoms with Crippen molar-refractivity contribution in [2.75, 3.05) is 20.3 Å². The lowest BCUT2D eigenvalue weighted by molar-refractivity contribution is 0.185. The number of nitrogens with one attached hydrogen (secondary N) is 1. The summed E-state index contributed by atoms with van der Waals surface area (Å²) in [5, 5.41) is 7.39. The number of hydrogen-bond acceptors (Lipinski definition) is 5. The number of likely N-dealkylation sites (N-methyl/N-ethyl adjacent to an activating group) is 1. The van der Waals surface area contributed by atoms with E-state index in [1.165, 1.54) is 0 Å². The average Bonchev–Trinajstić information content (AvgIpc) is 3.00. The second-order valence-electron chi connectivity index (χ2n) is 5.86. The molecule has 1 aliphatic rings. The highest BCUT2D eigenvalue weighted by Crippen LogP contribution is 2.17. The Morgan fingerprint density at radius 2 is 2.26 bits per heavy atom. The molecule has 108 valence electrons. The lowest BCUT2D eigenvalue weighted by Crippen LogP contribution is -2.29. The van der Waals surface area contributed by atoms with Gasteiger partial charge in [0.2, 0.25) is 5.89 Å². The SMILES string of the molecule is CNC(Cc1nc(CC2CCOC2)no1)CC(C)C. The molecule has 0 amide bonds. The molecule has 0 aliphatic carbocycles. The molecular weight excluding hydrogens is 242 g/mol. The summed E-state index contributed by atoms with van der Waals surface area (Å²) < 4.78 is 10.7. The van der Waals surface area contributed by atoms with Crippen LogP contribution in [0, 0.1) is 11.8 Å². The van der Waals surface area contributed by atoms with Crippen LogP contribution in [0.2, 0.25) is 0 Å². The van der Waals surface area contributed by atoms with Crippen molar-refractivity contribution in [3.8, 4) is 0 Å². The molecule has 1 aromatic rings. The van der Waals surface area contributed by atoms with Gasteiger partial charge in [-0.15, -0.1) is 0 Å². The van der Waals surface area contributed by atoms with Crippen LogP contribution in [0.4, 0.5) is 0 Å². The van der Waals surface area contributed by atoms with Gasteiger partial charge in [-0.25, -0.2) is 0 Å². The Morgan fingerprint density at radius 3 is 2.89 bits per heavy atom. The summed E-state index contributed by atoms with van der Waals surface area (Å²) in [4.78, 5) is 4.50. The number of rotatable bonds is 7. The minimum Gasteiger partial charge on any atom is -0.381 e. The van der Waals surface area contributed by atoms with E-state index in [0.717, 1.165) is 50.6 Å². The molecule has 2 rings (SSSR count). The molecule has 1 aliphatic heterocycles. The molecule has 5 nitrogen and oxygen atoms in total. The summed E-state index contributed by atoms with van der Waals surface area (Å²) in [7, 11) is 1.99. The molecule has 19 heavy (non-hydrogen) atoms. The molecule has 0 radical (unpaired) electrons. The zero-order valence-corrected chi connectivity index (χ0v) is 12.2. The molecule has 0 saturated carbocycles. The van der Waals surface area contributed by atoms with Gasteiger partial charge in [-0.05, 0) is 31.7 Å². The fourth-order valence-electron chi connectivity index (χ4n) is 2.54. The van der Waals surface area contributed by atoms with Gasteiger partial charge in [0.05, 0.1) is 0 Å². The summed E-state index contributed by atoms with van der Waals surface area (Å²) in [5.74, 6) is 2.79. The van der Waals surface area contributed by atoms with E-state index in [1.54, 1.807) is 0 Å². The van der Waals surface area contributed by atoms with Crippen molar-refractivity contribution in [1.82, 2.24) is 15.5 Å². The van der Waals surface area contributed by atoms with Crippen molar-refractivity contribution < 1.29 is 9.26 Å². The molecule has 1 fully saturated rings. The highest BCUT2D eigenvalue weighted by atomic mass is 16.5. The van der Waals surface area contributed by atoms with E-state index in [0.29, 0.717) is 17.9 Å².